The molecule has 2 amide bonds. The number of rotatable bonds is 5. The van der Waals surface area contributed by atoms with Crippen LogP contribution in [0.25, 0.3) is 0 Å². The van der Waals surface area contributed by atoms with Gasteiger partial charge in [-0.25, -0.2) is 4.79 Å². The van der Waals surface area contributed by atoms with E-state index in [0.717, 1.165) is 32.1 Å². The van der Waals surface area contributed by atoms with Crippen molar-refractivity contribution in [3.05, 3.63) is 0 Å². The summed E-state index contributed by atoms with van der Waals surface area (Å²) in [5.74, 6) is -0.940. The zero-order valence-electron chi connectivity index (χ0n) is 10.6. The van der Waals surface area contributed by atoms with Crippen LogP contribution in [0.4, 0.5) is 4.79 Å². The quantitative estimate of drug-likeness (QED) is 0.796. The minimum absolute atomic E-state index is 0.134. The summed E-state index contributed by atoms with van der Waals surface area (Å²) in [5.41, 5.74) is 0. The summed E-state index contributed by atoms with van der Waals surface area (Å²) in [7, 11) is 0. The van der Waals surface area contributed by atoms with E-state index < -0.39 is 5.97 Å². The topological polar surface area (TPSA) is 69.6 Å². The number of aliphatic carboxylic acids is 1. The molecule has 2 saturated carbocycles. The molecular weight excluding hydrogens is 252 g/mol. The third-order valence-corrected chi connectivity index (χ3v) is 4.79. The number of amides is 2. The first-order valence-corrected chi connectivity index (χ1v) is 7.72. The lowest BCUT2D eigenvalue weighted by Gasteiger charge is -2.25. The highest BCUT2D eigenvalue weighted by atomic mass is 32.2. The fourth-order valence-corrected chi connectivity index (χ4v) is 3.45. The van der Waals surface area contributed by atoms with Gasteiger partial charge in [-0.05, 0) is 31.9 Å². The lowest BCUT2D eigenvalue weighted by Crippen LogP contribution is -2.49. The minimum atomic E-state index is -0.940. The third-order valence-electron chi connectivity index (χ3n) is 3.62. The van der Waals surface area contributed by atoms with Crippen LogP contribution in [-0.2, 0) is 4.79 Å². The SMILES string of the molecule is CSC1CCCC1NC(=O)N(CC(=O)O)C1CC1. The predicted molar refractivity (Wildman–Crippen MR) is 70.8 cm³/mol. The molecule has 2 fully saturated rings. The Labute approximate surface area is 111 Å². The Morgan fingerprint density at radius 1 is 1.33 bits per heavy atom. The molecule has 2 aliphatic carbocycles. The molecule has 0 aromatic heterocycles. The van der Waals surface area contributed by atoms with Crippen LogP contribution in [0.5, 0.6) is 0 Å². The van der Waals surface area contributed by atoms with Crippen molar-refractivity contribution < 1.29 is 14.7 Å². The molecule has 0 spiro atoms. The molecule has 5 nitrogen and oxygen atoms in total. The van der Waals surface area contributed by atoms with Crippen LogP contribution in [0.3, 0.4) is 0 Å². The summed E-state index contributed by atoms with van der Waals surface area (Å²) in [6.07, 6.45) is 7.19. The van der Waals surface area contributed by atoms with E-state index in [1.807, 2.05) is 0 Å². The maximum Gasteiger partial charge on any atom is 0.323 e. The molecule has 2 rings (SSSR count). The van der Waals surface area contributed by atoms with E-state index in [0.29, 0.717) is 5.25 Å². The van der Waals surface area contributed by atoms with Gasteiger partial charge in [0.2, 0.25) is 0 Å². The fourth-order valence-electron chi connectivity index (χ4n) is 2.51. The van der Waals surface area contributed by atoms with Crippen molar-refractivity contribution in [2.45, 2.75) is 49.4 Å². The second kappa shape index (κ2) is 5.82. The molecule has 0 bridgehead atoms. The van der Waals surface area contributed by atoms with Crippen LogP contribution in [0.2, 0.25) is 0 Å². The molecular formula is C12H20N2O3S. The van der Waals surface area contributed by atoms with Gasteiger partial charge in [0.15, 0.2) is 0 Å². The number of carboxylic acid groups (broad SMARTS) is 1. The van der Waals surface area contributed by atoms with Gasteiger partial charge in [-0.3, -0.25) is 4.79 Å². The molecule has 2 unspecified atom stereocenters. The van der Waals surface area contributed by atoms with E-state index in [4.69, 9.17) is 5.11 Å². The van der Waals surface area contributed by atoms with Crippen LogP contribution < -0.4 is 5.32 Å². The Morgan fingerprint density at radius 3 is 2.61 bits per heavy atom. The largest absolute Gasteiger partial charge is 0.480 e. The first-order valence-electron chi connectivity index (χ1n) is 6.43. The zero-order valence-corrected chi connectivity index (χ0v) is 11.4. The van der Waals surface area contributed by atoms with Gasteiger partial charge >= 0.3 is 12.0 Å². The van der Waals surface area contributed by atoms with Crippen LogP contribution in [0.15, 0.2) is 0 Å². The molecule has 0 saturated heterocycles. The van der Waals surface area contributed by atoms with Crippen molar-refractivity contribution in [3.63, 3.8) is 0 Å². The summed E-state index contributed by atoms with van der Waals surface area (Å²) in [4.78, 5) is 24.4. The predicted octanol–water partition coefficient (Wildman–Crippen LogP) is 1.53. The third kappa shape index (κ3) is 3.31. The summed E-state index contributed by atoms with van der Waals surface area (Å²) in [6, 6.07) is 0.128. The number of carboxylic acids is 1. The first kappa shape index (κ1) is 13.5. The highest BCUT2D eigenvalue weighted by molar-refractivity contribution is 7.99. The molecule has 0 radical (unpaired) electrons. The lowest BCUT2D eigenvalue weighted by atomic mass is 10.2. The van der Waals surface area contributed by atoms with E-state index in [1.165, 1.54) is 4.90 Å². The molecule has 102 valence electrons. The molecule has 0 aliphatic heterocycles. The molecule has 2 N–H and O–H groups in total. The minimum Gasteiger partial charge on any atom is -0.480 e. The van der Waals surface area contributed by atoms with Gasteiger partial charge in [-0.15, -0.1) is 0 Å². The average molecular weight is 272 g/mol. The second-order valence-corrected chi connectivity index (χ2v) is 6.09. The monoisotopic (exact) mass is 272 g/mol. The van der Waals surface area contributed by atoms with E-state index in [-0.39, 0.29) is 24.7 Å². The zero-order chi connectivity index (χ0) is 13.1. The smallest absolute Gasteiger partial charge is 0.323 e. The summed E-state index contributed by atoms with van der Waals surface area (Å²) < 4.78 is 0. The standard InChI is InChI=1S/C12H20N2O3S/c1-18-10-4-2-3-9(10)13-12(17)14(7-11(15)16)8-5-6-8/h8-10H,2-7H2,1H3,(H,13,17)(H,15,16). The highest BCUT2D eigenvalue weighted by Gasteiger charge is 2.36. The van der Waals surface area contributed by atoms with Crippen LogP contribution in [0, 0.1) is 0 Å². The Morgan fingerprint density at radius 2 is 2.06 bits per heavy atom. The molecule has 0 aromatic carbocycles. The molecule has 0 heterocycles. The van der Waals surface area contributed by atoms with E-state index in [2.05, 4.69) is 11.6 Å². The number of urea groups is 1. The molecule has 2 atom stereocenters. The van der Waals surface area contributed by atoms with Crippen molar-refractivity contribution in [2.24, 2.45) is 0 Å². The van der Waals surface area contributed by atoms with Gasteiger partial charge in [0.05, 0.1) is 0 Å². The maximum absolute atomic E-state index is 12.1. The molecule has 0 aromatic rings. The Bertz CT molecular complexity index is 333. The van der Waals surface area contributed by atoms with Crippen LogP contribution in [0.1, 0.15) is 32.1 Å². The number of hydrogen-bond donors (Lipinski definition) is 2. The number of carbonyl (C=O) groups is 2. The average Bonchev–Trinajstić information content (AvgIpc) is 3.06. The Balaban J connectivity index is 1.90. The van der Waals surface area contributed by atoms with Gasteiger partial charge in [0.25, 0.3) is 0 Å². The summed E-state index contributed by atoms with van der Waals surface area (Å²) in [6.45, 7) is -0.187. The molecule has 6 heteroatoms. The van der Waals surface area contributed by atoms with Gasteiger partial charge in [-0.2, -0.15) is 11.8 Å². The second-order valence-electron chi connectivity index (χ2n) is 5.01. The number of thioether (sulfide) groups is 1. The van der Waals surface area contributed by atoms with Crippen molar-refractivity contribution >= 4 is 23.8 Å². The van der Waals surface area contributed by atoms with Gasteiger partial charge in [-0.1, -0.05) is 6.42 Å². The van der Waals surface area contributed by atoms with Crippen LogP contribution in [-0.4, -0.2) is 52.1 Å². The van der Waals surface area contributed by atoms with E-state index in [1.54, 1.807) is 11.8 Å². The Kier molecular flexibility index (Phi) is 4.37. The van der Waals surface area contributed by atoms with Gasteiger partial charge in [0, 0.05) is 17.3 Å². The number of nitrogens with zero attached hydrogens (tertiary/aromatic N) is 1. The van der Waals surface area contributed by atoms with Gasteiger partial charge < -0.3 is 15.3 Å². The number of nitrogens with one attached hydrogen (secondary N) is 1. The first-order chi connectivity index (χ1) is 8.61. The van der Waals surface area contributed by atoms with Crippen molar-refractivity contribution in [2.75, 3.05) is 12.8 Å². The molecule has 18 heavy (non-hydrogen) atoms. The maximum atomic E-state index is 12.1. The normalized spacial score (nSPS) is 26.9. The van der Waals surface area contributed by atoms with Crippen molar-refractivity contribution in [1.82, 2.24) is 10.2 Å². The van der Waals surface area contributed by atoms with E-state index >= 15 is 0 Å². The summed E-state index contributed by atoms with van der Waals surface area (Å²) in [5, 5.41) is 12.3. The number of hydrogen-bond acceptors (Lipinski definition) is 3. The van der Waals surface area contributed by atoms with E-state index in [9.17, 15) is 9.59 Å². The fraction of sp³-hybridized carbons (Fsp3) is 0.833. The number of carbonyl (C=O) groups excluding carboxylic acids is 1. The summed E-state index contributed by atoms with van der Waals surface area (Å²) >= 11 is 1.78. The van der Waals surface area contributed by atoms with Crippen LogP contribution >= 0.6 is 11.8 Å². The van der Waals surface area contributed by atoms with Gasteiger partial charge in [0.1, 0.15) is 6.54 Å². The highest BCUT2D eigenvalue weighted by Crippen LogP contribution is 2.30. The van der Waals surface area contributed by atoms with Crippen molar-refractivity contribution in [1.29, 1.82) is 0 Å². The molecule has 2 aliphatic rings. The lowest BCUT2D eigenvalue weighted by molar-refractivity contribution is -0.137. The Hall–Kier alpha value is -0.910. The van der Waals surface area contributed by atoms with Crippen molar-refractivity contribution in [3.8, 4) is 0 Å².